The van der Waals surface area contributed by atoms with E-state index < -0.39 is 5.97 Å². The lowest BCUT2D eigenvalue weighted by Gasteiger charge is -2.11. The molecule has 2 N–H and O–H groups in total. The first-order chi connectivity index (χ1) is 11.8. The molecule has 0 saturated heterocycles. The normalized spacial score (nSPS) is 11.0. The number of aromatic amines is 1. The van der Waals surface area contributed by atoms with Crippen LogP contribution in [0.25, 0.3) is 10.9 Å². The molecule has 6 heteroatoms. The first-order valence-electron chi connectivity index (χ1n) is 7.81. The summed E-state index contributed by atoms with van der Waals surface area (Å²) in [5.74, 6) is 0.140. The van der Waals surface area contributed by atoms with Crippen molar-refractivity contribution in [3.8, 4) is 11.5 Å². The second-order valence-electron chi connectivity index (χ2n) is 5.97. The summed E-state index contributed by atoms with van der Waals surface area (Å²) in [6.07, 6.45) is 0.387. The Balaban J connectivity index is 1.89. The van der Waals surface area contributed by atoms with E-state index in [-0.39, 0.29) is 6.42 Å². The van der Waals surface area contributed by atoms with Crippen molar-refractivity contribution < 1.29 is 14.6 Å². The van der Waals surface area contributed by atoms with Gasteiger partial charge in [-0.25, -0.2) is 0 Å². The number of fused-ring (bicyclic) bond motifs is 1. The zero-order valence-corrected chi connectivity index (χ0v) is 15.3. The molecule has 0 aliphatic heterocycles. The zero-order chi connectivity index (χ0) is 18.1. The number of aliphatic carboxylic acids is 1. The maximum Gasteiger partial charge on any atom is 0.303 e. The highest BCUT2D eigenvalue weighted by molar-refractivity contribution is 6.37. The van der Waals surface area contributed by atoms with E-state index in [1.807, 2.05) is 25.1 Å². The molecule has 2 aromatic carbocycles. The topological polar surface area (TPSA) is 62.3 Å². The smallest absolute Gasteiger partial charge is 0.303 e. The van der Waals surface area contributed by atoms with Crippen LogP contribution < -0.4 is 4.74 Å². The quantitative estimate of drug-likeness (QED) is 0.581. The zero-order valence-electron chi connectivity index (χ0n) is 13.8. The minimum absolute atomic E-state index is 0.0235. The summed E-state index contributed by atoms with van der Waals surface area (Å²) in [5.41, 5.74) is 4.09. The lowest BCUT2D eigenvalue weighted by atomic mass is 10.1. The molecule has 0 aliphatic carbocycles. The van der Waals surface area contributed by atoms with Crippen LogP contribution in [0.15, 0.2) is 30.3 Å². The van der Waals surface area contributed by atoms with E-state index in [0.29, 0.717) is 28.0 Å². The number of benzene rings is 2. The predicted molar refractivity (Wildman–Crippen MR) is 100 cm³/mol. The first kappa shape index (κ1) is 17.6. The van der Waals surface area contributed by atoms with E-state index in [1.54, 1.807) is 12.1 Å². The van der Waals surface area contributed by atoms with Crippen LogP contribution in [0.5, 0.6) is 11.5 Å². The summed E-state index contributed by atoms with van der Waals surface area (Å²) in [5, 5.41) is 10.6. The number of halogens is 2. The van der Waals surface area contributed by atoms with Gasteiger partial charge in [-0.05, 0) is 61.7 Å². The second kappa shape index (κ2) is 6.98. The van der Waals surface area contributed by atoms with Crippen LogP contribution in [0.4, 0.5) is 0 Å². The number of H-pyrrole nitrogens is 1. The Labute approximate surface area is 155 Å². The Morgan fingerprint density at radius 1 is 1.16 bits per heavy atom. The van der Waals surface area contributed by atoms with Crippen LogP contribution in [0, 0.1) is 13.8 Å². The third-order valence-electron chi connectivity index (χ3n) is 4.19. The van der Waals surface area contributed by atoms with Gasteiger partial charge >= 0.3 is 5.97 Å². The van der Waals surface area contributed by atoms with Gasteiger partial charge in [0.2, 0.25) is 0 Å². The van der Waals surface area contributed by atoms with Gasteiger partial charge in [-0.1, -0.05) is 23.2 Å². The highest BCUT2D eigenvalue weighted by Crippen LogP contribution is 2.38. The molecule has 0 aliphatic rings. The van der Waals surface area contributed by atoms with E-state index in [4.69, 9.17) is 33.0 Å². The van der Waals surface area contributed by atoms with Gasteiger partial charge in [-0.2, -0.15) is 0 Å². The molecular formula is C19H17Cl2NO3. The van der Waals surface area contributed by atoms with Gasteiger partial charge in [0.05, 0.1) is 10.0 Å². The van der Waals surface area contributed by atoms with E-state index in [0.717, 1.165) is 22.2 Å². The predicted octanol–water partition coefficient (Wildman–Crippen LogP) is 5.90. The number of hydrogen-bond acceptors (Lipinski definition) is 2. The Kier molecular flexibility index (Phi) is 4.93. The summed E-state index contributed by atoms with van der Waals surface area (Å²) in [6, 6.07) is 9.13. The number of carbonyl (C=O) groups is 1. The second-order valence-corrected chi connectivity index (χ2v) is 6.78. The number of hydrogen-bond donors (Lipinski definition) is 2. The fourth-order valence-electron chi connectivity index (χ4n) is 2.73. The molecule has 0 amide bonds. The van der Waals surface area contributed by atoms with Crippen molar-refractivity contribution in [1.82, 2.24) is 4.98 Å². The van der Waals surface area contributed by atoms with Crippen LogP contribution in [-0.4, -0.2) is 16.1 Å². The first-order valence-corrected chi connectivity index (χ1v) is 8.57. The third-order valence-corrected chi connectivity index (χ3v) is 4.75. The average molecular weight is 378 g/mol. The molecule has 0 bridgehead atoms. The Hall–Kier alpha value is -2.17. The number of aromatic nitrogens is 1. The van der Waals surface area contributed by atoms with Crippen LogP contribution in [-0.2, 0) is 11.2 Å². The molecule has 4 nitrogen and oxygen atoms in total. The van der Waals surface area contributed by atoms with Gasteiger partial charge in [0.1, 0.15) is 5.75 Å². The van der Waals surface area contributed by atoms with Crippen molar-refractivity contribution >= 4 is 40.1 Å². The van der Waals surface area contributed by atoms with Crippen LogP contribution >= 0.6 is 23.2 Å². The SMILES string of the molecule is Cc1[nH]c2ccc(Oc3c(Cl)cc(CCC(=O)O)cc3Cl)cc2c1C. The number of nitrogens with one attached hydrogen (secondary N) is 1. The fraction of sp³-hybridized carbons (Fsp3) is 0.211. The number of carboxylic acids is 1. The van der Waals surface area contributed by atoms with Gasteiger partial charge in [0.15, 0.2) is 5.75 Å². The summed E-state index contributed by atoms with van der Waals surface area (Å²) >= 11 is 12.6. The average Bonchev–Trinajstić information content (AvgIpc) is 2.83. The van der Waals surface area contributed by atoms with E-state index in [9.17, 15) is 4.79 Å². The molecule has 0 radical (unpaired) electrons. The standard InChI is InChI=1S/C19H17Cl2NO3/c1-10-11(2)22-17-5-4-13(9-14(10)17)25-19-15(20)7-12(8-16(19)21)3-6-18(23)24/h4-5,7-9,22H,3,6H2,1-2H3,(H,23,24). The van der Waals surface area contributed by atoms with Crippen LogP contribution in [0.1, 0.15) is 23.2 Å². The van der Waals surface area contributed by atoms with Crippen molar-refractivity contribution in [2.75, 3.05) is 0 Å². The summed E-state index contributed by atoms with van der Waals surface area (Å²) in [7, 11) is 0. The lowest BCUT2D eigenvalue weighted by Crippen LogP contribution is -1.98. The summed E-state index contributed by atoms with van der Waals surface area (Å²) in [6.45, 7) is 4.08. The minimum Gasteiger partial charge on any atom is -0.481 e. The van der Waals surface area contributed by atoms with Crippen molar-refractivity contribution in [3.63, 3.8) is 0 Å². The van der Waals surface area contributed by atoms with Crippen molar-refractivity contribution in [2.45, 2.75) is 26.7 Å². The van der Waals surface area contributed by atoms with E-state index in [2.05, 4.69) is 11.9 Å². The van der Waals surface area contributed by atoms with Gasteiger partial charge in [-0.15, -0.1) is 0 Å². The molecule has 3 aromatic rings. The monoisotopic (exact) mass is 377 g/mol. The summed E-state index contributed by atoms with van der Waals surface area (Å²) in [4.78, 5) is 14.0. The maximum atomic E-state index is 10.7. The van der Waals surface area contributed by atoms with E-state index >= 15 is 0 Å². The number of carboxylic acid groups (broad SMARTS) is 1. The minimum atomic E-state index is -0.863. The molecule has 0 unspecified atom stereocenters. The molecular weight excluding hydrogens is 361 g/mol. The van der Waals surface area contributed by atoms with Gasteiger partial charge in [-0.3, -0.25) is 4.79 Å². The number of ether oxygens (including phenoxy) is 1. The Morgan fingerprint density at radius 3 is 2.48 bits per heavy atom. The number of rotatable bonds is 5. The lowest BCUT2D eigenvalue weighted by molar-refractivity contribution is -0.136. The van der Waals surface area contributed by atoms with Gasteiger partial charge in [0, 0.05) is 23.0 Å². The molecule has 3 rings (SSSR count). The molecule has 0 fully saturated rings. The number of aryl methyl sites for hydroxylation is 3. The van der Waals surface area contributed by atoms with Crippen molar-refractivity contribution in [2.24, 2.45) is 0 Å². The van der Waals surface area contributed by atoms with Crippen LogP contribution in [0.3, 0.4) is 0 Å². The molecule has 130 valence electrons. The highest BCUT2D eigenvalue weighted by atomic mass is 35.5. The largest absolute Gasteiger partial charge is 0.481 e. The highest BCUT2D eigenvalue weighted by Gasteiger charge is 2.13. The van der Waals surface area contributed by atoms with Gasteiger partial charge < -0.3 is 14.8 Å². The molecule has 25 heavy (non-hydrogen) atoms. The Bertz CT molecular complexity index is 940. The van der Waals surface area contributed by atoms with Crippen molar-refractivity contribution in [3.05, 3.63) is 57.2 Å². The molecule has 1 heterocycles. The summed E-state index contributed by atoms with van der Waals surface area (Å²) < 4.78 is 5.90. The van der Waals surface area contributed by atoms with Crippen molar-refractivity contribution in [1.29, 1.82) is 0 Å². The van der Waals surface area contributed by atoms with Crippen LogP contribution in [0.2, 0.25) is 10.0 Å². The van der Waals surface area contributed by atoms with E-state index in [1.165, 1.54) is 5.56 Å². The molecule has 0 saturated carbocycles. The Morgan fingerprint density at radius 2 is 1.84 bits per heavy atom. The molecule has 0 spiro atoms. The fourth-order valence-corrected chi connectivity index (χ4v) is 3.34. The third kappa shape index (κ3) is 3.75. The molecule has 1 aromatic heterocycles. The molecule has 0 atom stereocenters. The van der Waals surface area contributed by atoms with Gasteiger partial charge in [0.25, 0.3) is 0 Å². The maximum absolute atomic E-state index is 10.7.